The third kappa shape index (κ3) is 5.36. The first kappa shape index (κ1) is 19.0. The lowest BCUT2D eigenvalue weighted by atomic mass is 10.1. The maximum absolute atomic E-state index is 4.74. The minimum atomic E-state index is 1.11. The molecular weight excluding hydrogens is 292 g/mol. The summed E-state index contributed by atoms with van der Waals surface area (Å²) in [4.78, 5) is 4.74. The zero-order valence-corrected chi connectivity index (χ0v) is 16.3. The van der Waals surface area contributed by atoms with E-state index < -0.39 is 0 Å². The van der Waals surface area contributed by atoms with Crippen LogP contribution < -0.4 is 0 Å². The van der Waals surface area contributed by atoms with Crippen LogP contribution in [0.3, 0.4) is 0 Å². The normalized spacial score (nSPS) is 11.5. The van der Waals surface area contributed by atoms with Gasteiger partial charge in [0.1, 0.15) is 5.82 Å². The van der Waals surface area contributed by atoms with E-state index in [1.54, 1.807) is 0 Å². The van der Waals surface area contributed by atoms with E-state index in [0.717, 1.165) is 17.9 Å². The number of aromatic nitrogens is 2. The summed E-state index contributed by atoms with van der Waals surface area (Å²) in [6.45, 7) is 9.91. The third-order valence-corrected chi connectivity index (χ3v) is 5.29. The number of unbranched alkanes of at least 4 members (excludes halogenated alkanes) is 9. The molecule has 0 bridgehead atoms. The van der Waals surface area contributed by atoms with Crippen molar-refractivity contribution >= 4 is 11.0 Å². The van der Waals surface area contributed by atoms with E-state index in [2.05, 4.69) is 44.4 Å². The van der Waals surface area contributed by atoms with Crippen molar-refractivity contribution < 1.29 is 0 Å². The van der Waals surface area contributed by atoms with Crippen LogP contribution in [0.1, 0.15) is 88.1 Å². The second-order valence-electron chi connectivity index (χ2n) is 7.42. The summed E-state index contributed by atoms with van der Waals surface area (Å²) in [5, 5.41) is 0. The van der Waals surface area contributed by atoms with Crippen LogP contribution in [0, 0.1) is 20.8 Å². The zero-order valence-electron chi connectivity index (χ0n) is 16.3. The summed E-state index contributed by atoms with van der Waals surface area (Å²) in [6, 6.07) is 4.54. The molecule has 0 radical (unpaired) electrons. The van der Waals surface area contributed by atoms with Gasteiger partial charge in [-0.05, 0) is 50.5 Å². The van der Waals surface area contributed by atoms with E-state index in [1.165, 1.54) is 80.9 Å². The van der Waals surface area contributed by atoms with Crippen LogP contribution in [0.2, 0.25) is 0 Å². The van der Waals surface area contributed by atoms with E-state index in [9.17, 15) is 0 Å². The minimum Gasteiger partial charge on any atom is -0.328 e. The molecule has 0 atom stereocenters. The van der Waals surface area contributed by atoms with Crippen molar-refractivity contribution in [3.63, 3.8) is 0 Å². The molecule has 0 amide bonds. The highest BCUT2D eigenvalue weighted by molar-refractivity contribution is 5.78. The molecule has 0 aliphatic carbocycles. The highest BCUT2D eigenvalue weighted by Gasteiger charge is 2.08. The Bertz CT molecular complexity index is 624. The van der Waals surface area contributed by atoms with Gasteiger partial charge in [-0.25, -0.2) is 4.98 Å². The van der Waals surface area contributed by atoms with E-state index >= 15 is 0 Å². The Hall–Kier alpha value is -1.31. The highest BCUT2D eigenvalue weighted by atomic mass is 15.1. The molecule has 2 rings (SSSR count). The number of rotatable bonds is 11. The first-order valence-electron chi connectivity index (χ1n) is 10.1. The lowest BCUT2D eigenvalue weighted by Crippen LogP contribution is -2.00. The van der Waals surface area contributed by atoms with Crippen LogP contribution in [0.25, 0.3) is 11.0 Å². The van der Waals surface area contributed by atoms with Gasteiger partial charge in [0, 0.05) is 6.54 Å². The van der Waals surface area contributed by atoms with Crippen molar-refractivity contribution in [1.82, 2.24) is 9.55 Å². The predicted molar refractivity (Wildman–Crippen MR) is 106 cm³/mol. The number of imidazole rings is 1. The van der Waals surface area contributed by atoms with Gasteiger partial charge in [-0.2, -0.15) is 0 Å². The number of nitrogens with zero attached hydrogens (tertiary/aromatic N) is 2. The molecule has 2 nitrogen and oxygen atoms in total. The summed E-state index contributed by atoms with van der Waals surface area (Å²) in [7, 11) is 0. The molecule has 0 aliphatic heterocycles. The Morgan fingerprint density at radius 3 is 1.92 bits per heavy atom. The van der Waals surface area contributed by atoms with E-state index in [-0.39, 0.29) is 0 Å². The molecule has 0 aliphatic rings. The van der Waals surface area contributed by atoms with Gasteiger partial charge in [-0.1, -0.05) is 64.7 Å². The summed E-state index contributed by atoms with van der Waals surface area (Å²) < 4.78 is 2.41. The fourth-order valence-corrected chi connectivity index (χ4v) is 3.54. The molecule has 2 aromatic rings. The van der Waals surface area contributed by atoms with Gasteiger partial charge < -0.3 is 4.57 Å². The van der Waals surface area contributed by atoms with Gasteiger partial charge in [0.2, 0.25) is 0 Å². The Morgan fingerprint density at radius 2 is 1.29 bits per heavy atom. The first-order chi connectivity index (χ1) is 11.6. The summed E-state index contributed by atoms with van der Waals surface area (Å²) >= 11 is 0. The largest absolute Gasteiger partial charge is 0.328 e. The van der Waals surface area contributed by atoms with Crippen LogP contribution in [0.4, 0.5) is 0 Å². The van der Waals surface area contributed by atoms with Gasteiger partial charge in [-0.15, -0.1) is 0 Å². The van der Waals surface area contributed by atoms with Crippen molar-refractivity contribution in [3.05, 3.63) is 29.1 Å². The summed E-state index contributed by atoms with van der Waals surface area (Å²) in [5.74, 6) is 1.16. The second-order valence-corrected chi connectivity index (χ2v) is 7.42. The lowest BCUT2D eigenvalue weighted by Gasteiger charge is -2.08. The predicted octanol–water partition coefficient (Wildman–Crippen LogP) is 6.88. The fraction of sp³-hybridized carbons (Fsp3) is 0.682. The number of hydrogen-bond acceptors (Lipinski definition) is 1. The third-order valence-electron chi connectivity index (χ3n) is 5.29. The first-order valence-corrected chi connectivity index (χ1v) is 10.1. The molecule has 0 fully saturated rings. The number of aryl methyl sites for hydroxylation is 4. The van der Waals surface area contributed by atoms with E-state index in [0.29, 0.717) is 0 Å². The maximum atomic E-state index is 4.74. The van der Waals surface area contributed by atoms with Crippen molar-refractivity contribution in [2.24, 2.45) is 0 Å². The average molecular weight is 329 g/mol. The van der Waals surface area contributed by atoms with Crippen molar-refractivity contribution in [2.45, 2.75) is 98.4 Å². The number of hydrogen-bond donors (Lipinski definition) is 0. The molecule has 24 heavy (non-hydrogen) atoms. The zero-order chi connectivity index (χ0) is 17.4. The quantitative estimate of drug-likeness (QED) is 0.411. The number of benzene rings is 1. The van der Waals surface area contributed by atoms with Gasteiger partial charge in [-0.3, -0.25) is 0 Å². The SMILES string of the molecule is CCCCCCCCCCCCn1c(C)nc2cc(C)c(C)cc21. The average Bonchev–Trinajstić information content (AvgIpc) is 2.85. The van der Waals surface area contributed by atoms with Crippen molar-refractivity contribution in [2.75, 3.05) is 0 Å². The van der Waals surface area contributed by atoms with Gasteiger partial charge in [0.25, 0.3) is 0 Å². The summed E-state index contributed by atoms with van der Waals surface area (Å²) in [6.07, 6.45) is 13.9. The smallest absolute Gasteiger partial charge is 0.106 e. The lowest BCUT2D eigenvalue weighted by molar-refractivity contribution is 0.535. The molecule has 0 unspecified atom stereocenters. The monoisotopic (exact) mass is 328 g/mol. The van der Waals surface area contributed by atoms with Crippen LogP contribution >= 0.6 is 0 Å². The maximum Gasteiger partial charge on any atom is 0.106 e. The molecule has 0 N–H and O–H groups in total. The van der Waals surface area contributed by atoms with E-state index in [1.807, 2.05) is 0 Å². The number of fused-ring (bicyclic) bond motifs is 1. The molecular formula is C22H36N2. The second kappa shape index (κ2) is 9.86. The van der Waals surface area contributed by atoms with Crippen LogP contribution in [0.15, 0.2) is 12.1 Å². The molecule has 1 heterocycles. The minimum absolute atomic E-state index is 1.11. The molecule has 1 aromatic heterocycles. The van der Waals surface area contributed by atoms with Crippen LogP contribution in [0.5, 0.6) is 0 Å². The van der Waals surface area contributed by atoms with Crippen LogP contribution in [-0.4, -0.2) is 9.55 Å². The van der Waals surface area contributed by atoms with Crippen molar-refractivity contribution in [3.8, 4) is 0 Å². The molecule has 0 saturated carbocycles. The van der Waals surface area contributed by atoms with E-state index in [4.69, 9.17) is 4.98 Å². The topological polar surface area (TPSA) is 17.8 Å². The molecule has 2 heteroatoms. The Labute approximate surface area is 148 Å². The standard InChI is InChI=1S/C22H36N2/c1-5-6-7-8-9-10-11-12-13-14-15-24-20(4)23-21-16-18(2)19(3)17-22(21)24/h16-17H,5-15H2,1-4H3. The van der Waals surface area contributed by atoms with Gasteiger partial charge >= 0.3 is 0 Å². The Kier molecular flexibility index (Phi) is 7.81. The van der Waals surface area contributed by atoms with Gasteiger partial charge in [0.15, 0.2) is 0 Å². The molecule has 0 spiro atoms. The van der Waals surface area contributed by atoms with Gasteiger partial charge in [0.05, 0.1) is 11.0 Å². The highest BCUT2D eigenvalue weighted by Crippen LogP contribution is 2.21. The molecule has 1 aromatic carbocycles. The Balaban J connectivity index is 1.70. The summed E-state index contributed by atoms with van der Waals surface area (Å²) in [5.41, 5.74) is 5.17. The Morgan fingerprint density at radius 1 is 0.750 bits per heavy atom. The fourth-order valence-electron chi connectivity index (χ4n) is 3.54. The van der Waals surface area contributed by atoms with Crippen LogP contribution in [-0.2, 0) is 6.54 Å². The van der Waals surface area contributed by atoms with Crippen molar-refractivity contribution in [1.29, 1.82) is 0 Å². The molecule has 0 saturated heterocycles. The molecule has 134 valence electrons.